The number of methoxy groups -OCH3 is 4. The van der Waals surface area contributed by atoms with Gasteiger partial charge in [-0.05, 0) is 53.6 Å². The largest absolute Gasteiger partial charge is 0.493 e. The number of nitrogens with one attached hydrogen (secondary N) is 1. The molecule has 40 heavy (non-hydrogen) atoms. The maximum Gasteiger partial charge on any atom is 0.161 e. The number of nitrogens with zero attached hydrogens (tertiary/aromatic N) is 2. The highest BCUT2D eigenvalue weighted by molar-refractivity contribution is 5.90. The van der Waals surface area contributed by atoms with Crippen molar-refractivity contribution in [1.29, 1.82) is 5.26 Å². The molecule has 0 saturated heterocycles. The molecule has 0 spiro atoms. The Morgan fingerprint density at radius 3 is 2.17 bits per heavy atom. The summed E-state index contributed by atoms with van der Waals surface area (Å²) in [5, 5.41) is 13.8. The lowest BCUT2D eigenvalue weighted by Crippen LogP contribution is -2.15. The first-order valence-corrected chi connectivity index (χ1v) is 12.6. The van der Waals surface area contributed by atoms with Crippen LogP contribution in [0.1, 0.15) is 22.4 Å². The van der Waals surface area contributed by atoms with Gasteiger partial charge < -0.3 is 29.0 Å². The van der Waals surface area contributed by atoms with Crippen molar-refractivity contribution in [2.24, 2.45) is 0 Å². The Hall–Kier alpha value is -5.00. The maximum atomic E-state index is 10.4. The average molecular weight is 536 g/mol. The highest BCUT2D eigenvalue weighted by atomic mass is 16.5. The Bertz CT molecular complexity index is 1610. The van der Waals surface area contributed by atoms with Crippen molar-refractivity contribution in [1.82, 2.24) is 4.98 Å². The smallest absolute Gasteiger partial charge is 0.161 e. The third-order valence-corrected chi connectivity index (χ3v) is 6.68. The van der Waals surface area contributed by atoms with Crippen molar-refractivity contribution in [2.45, 2.75) is 6.61 Å². The highest BCUT2D eigenvalue weighted by Crippen LogP contribution is 2.42. The van der Waals surface area contributed by atoms with Gasteiger partial charge in [-0.2, -0.15) is 5.26 Å². The fraction of sp³-hybridized carbons (Fsp3) is 0.188. The van der Waals surface area contributed by atoms with Gasteiger partial charge in [-0.3, -0.25) is 0 Å². The molecule has 8 heteroatoms. The summed E-state index contributed by atoms with van der Waals surface area (Å²) in [6.07, 6.45) is 2.02. The fourth-order valence-corrected chi connectivity index (χ4v) is 4.78. The van der Waals surface area contributed by atoms with E-state index in [0.717, 1.165) is 39.2 Å². The second-order valence-electron chi connectivity index (χ2n) is 8.99. The number of pyridine rings is 1. The quantitative estimate of drug-likeness (QED) is 0.274. The lowest BCUT2D eigenvalue weighted by atomic mass is 9.90. The molecule has 0 aliphatic carbocycles. The number of fused-ring (bicyclic) bond motifs is 1. The molecule has 1 N–H and O–H groups in total. The van der Waals surface area contributed by atoms with Crippen LogP contribution in [0.2, 0.25) is 0 Å². The molecule has 0 fully saturated rings. The van der Waals surface area contributed by atoms with Crippen LogP contribution in [-0.4, -0.2) is 40.0 Å². The number of nitriles is 1. The summed E-state index contributed by atoms with van der Waals surface area (Å²) in [4.78, 5) is 5.00. The van der Waals surface area contributed by atoms with Crippen LogP contribution in [-0.2, 0) is 11.3 Å². The first-order chi connectivity index (χ1) is 19.6. The molecular weight excluding hydrogens is 506 g/mol. The van der Waals surface area contributed by atoms with E-state index in [2.05, 4.69) is 11.4 Å². The lowest BCUT2D eigenvalue weighted by molar-refractivity contribution is 0.146. The van der Waals surface area contributed by atoms with Crippen LogP contribution >= 0.6 is 0 Å². The van der Waals surface area contributed by atoms with Crippen LogP contribution in [0.3, 0.4) is 0 Å². The van der Waals surface area contributed by atoms with Gasteiger partial charge in [-0.1, -0.05) is 30.3 Å². The zero-order chi connectivity index (χ0) is 28.1. The highest BCUT2D eigenvalue weighted by Gasteiger charge is 2.27. The normalized spacial score (nSPS) is 13.2. The van der Waals surface area contributed by atoms with Gasteiger partial charge in [0.2, 0.25) is 0 Å². The van der Waals surface area contributed by atoms with Crippen LogP contribution < -0.4 is 24.3 Å². The zero-order valence-electron chi connectivity index (χ0n) is 22.8. The summed E-state index contributed by atoms with van der Waals surface area (Å²) in [5.41, 5.74) is 6.10. The van der Waals surface area contributed by atoms with Crippen LogP contribution in [0.15, 0.2) is 66.7 Å². The van der Waals surface area contributed by atoms with Crippen molar-refractivity contribution >= 4 is 23.2 Å². The van der Waals surface area contributed by atoms with Gasteiger partial charge in [-0.15, -0.1) is 0 Å². The lowest BCUT2D eigenvalue weighted by Gasteiger charge is -2.25. The topological polar surface area (TPSA) is 94.9 Å². The van der Waals surface area contributed by atoms with E-state index in [9.17, 15) is 5.26 Å². The summed E-state index contributed by atoms with van der Waals surface area (Å²) >= 11 is 0. The molecule has 0 unspecified atom stereocenters. The van der Waals surface area contributed by atoms with Gasteiger partial charge in [0.1, 0.15) is 17.5 Å². The molecule has 0 atom stereocenters. The minimum Gasteiger partial charge on any atom is -0.493 e. The number of ether oxygens (including phenoxy) is 5. The van der Waals surface area contributed by atoms with Crippen LogP contribution in [0.4, 0.5) is 11.5 Å². The van der Waals surface area contributed by atoms with E-state index in [1.54, 1.807) is 28.4 Å². The zero-order valence-corrected chi connectivity index (χ0v) is 22.8. The van der Waals surface area contributed by atoms with Gasteiger partial charge in [0.15, 0.2) is 23.0 Å². The van der Waals surface area contributed by atoms with Crippen molar-refractivity contribution in [2.75, 3.05) is 40.4 Å². The van der Waals surface area contributed by atoms with E-state index in [-0.39, 0.29) is 0 Å². The Balaban J connectivity index is 1.74. The molecule has 1 aliphatic heterocycles. The molecular formula is C32H29N3O5. The van der Waals surface area contributed by atoms with E-state index in [1.165, 1.54) is 0 Å². The minimum absolute atomic E-state index is 0.301. The van der Waals surface area contributed by atoms with Gasteiger partial charge in [0.25, 0.3) is 0 Å². The van der Waals surface area contributed by atoms with Gasteiger partial charge in [0.05, 0.1) is 47.3 Å². The summed E-state index contributed by atoms with van der Waals surface area (Å²) in [7, 11) is 6.39. The Labute approximate surface area is 233 Å². The number of para-hydroxylation sites is 1. The van der Waals surface area contributed by atoms with Crippen molar-refractivity contribution < 1.29 is 23.7 Å². The van der Waals surface area contributed by atoms with Crippen LogP contribution in [0, 0.1) is 11.3 Å². The number of rotatable bonds is 8. The van der Waals surface area contributed by atoms with E-state index in [4.69, 9.17) is 28.7 Å². The van der Waals surface area contributed by atoms with E-state index >= 15 is 0 Å². The van der Waals surface area contributed by atoms with E-state index < -0.39 is 0 Å². The maximum absolute atomic E-state index is 10.4. The Morgan fingerprint density at radius 1 is 0.825 bits per heavy atom. The molecule has 2 heterocycles. The van der Waals surface area contributed by atoms with Gasteiger partial charge in [0, 0.05) is 22.4 Å². The molecule has 1 aliphatic rings. The molecule has 3 aromatic carbocycles. The number of hydrogen-bond acceptors (Lipinski definition) is 8. The SMILES string of the molecule is COc1ccc(/C=C2\COCc3c2nc(Nc2ccccc2)c(C#N)c3-c2ccc(OC)c(OC)c2)cc1OC. The minimum atomic E-state index is 0.301. The molecule has 5 rings (SSSR count). The first kappa shape index (κ1) is 26.6. The third-order valence-electron chi connectivity index (χ3n) is 6.68. The summed E-state index contributed by atoms with van der Waals surface area (Å²) in [6, 6.07) is 23.4. The van der Waals surface area contributed by atoms with Crippen molar-refractivity contribution in [3.8, 4) is 40.2 Å². The van der Waals surface area contributed by atoms with Gasteiger partial charge >= 0.3 is 0 Å². The molecule has 1 aromatic heterocycles. The second-order valence-corrected chi connectivity index (χ2v) is 8.99. The fourth-order valence-electron chi connectivity index (χ4n) is 4.78. The third kappa shape index (κ3) is 5.15. The standard InChI is InChI=1S/C32H29N3O5/c1-36-26-12-10-20(15-28(26)38-3)14-22-18-40-19-25-30(21-11-13-27(37-2)29(16-21)39-4)24(17-33)32(35-31(22)25)34-23-8-6-5-7-9-23/h5-16H,18-19H2,1-4H3,(H,34,35)/b22-14+. The number of aromatic nitrogens is 1. The Morgan fingerprint density at radius 2 is 1.50 bits per heavy atom. The predicted octanol–water partition coefficient (Wildman–Crippen LogP) is 6.47. The Kier molecular flexibility index (Phi) is 7.85. The molecule has 0 amide bonds. The number of hydrogen-bond donors (Lipinski definition) is 1. The second kappa shape index (κ2) is 11.8. The number of benzene rings is 3. The predicted molar refractivity (Wildman–Crippen MR) is 154 cm³/mol. The monoisotopic (exact) mass is 535 g/mol. The molecule has 0 saturated carbocycles. The van der Waals surface area contributed by atoms with E-state index in [0.29, 0.717) is 47.6 Å². The molecule has 202 valence electrons. The van der Waals surface area contributed by atoms with Crippen LogP contribution in [0.5, 0.6) is 23.0 Å². The molecule has 0 radical (unpaired) electrons. The van der Waals surface area contributed by atoms with E-state index in [1.807, 2.05) is 72.8 Å². The van der Waals surface area contributed by atoms with Crippen molar-refractivity contribution in [3.63, 3.8) is 0 Å². The summed E-state index contributed by atoms with van der Waals surface area (Å²) < 4.78 is 28.0. The van der Waals surface area contributed by atoms with Crippen molar-refractivity contribution in [3.05, 3.63) is 89.1 Å². The number of anilines is 2. The summed E-state index contributed by atoms with van der Waals surface area (Å²) in [6.45, 7) is 0.659. The summed E-state index contributed by atoms with van der Waals surface area (Å²) in [5.74, 6) is 2.88. The average Bonchev–Trinajstić information content (AvgIpc) is 3.00. The van der Waals surface area contributed by atoms with Crippen LogP contribution in [0.25, 0.3) is 22.8 Å². The molecule has 0 bridgehead atoms. The van der Waals surface area contributed by atoms with Gasteiger partial charge in [-0.25, -0.2) is 4.98 Å². The molecule has 4 aromatic rings. The first-order valence-electron chi connectivity index (χ1n) is 12.6. The molecule has 8 nitrogen and oxygen atoms in total.